The number of nitrogens with one attached hydrogen (secondary N) is 2. The molecule has 2 aromatic rings. The van der Waals surface area contributed by atoms with Gasteiger partial charge < -0.3 is 20.1 Å². The molecule has 1 aliphatic rings. The van der Waals surface area contributed by atoms with Crippen molar-refractivity contribution in [2.45, 2.75) is 12.6 Å². The van der Waals surface area contributed by atoms with Gasteiger partial charge in [-0.15, -0.1) is 0 Å². The van der Waals surface area contributed by atoms with E-state index in [4.69, 9.17) is 9.47 Å². The van der Waals surface area contributed by atoms with Crippen LogP contribution < -0.4 is 15.4 Å². The van der Waals surface area contributed by atoms with Gasteiger partial charge in [-0.1, -0.05) is 12.1 Å². The van der Waals surface area contributed by atoms with Crippen LogP contribution in [0.5, 0.6) is 11.5 Å². The first-order valence-electron chi connectivity index (χ1n) is 7.82. The molecule has 0 aromatic heterocycles. The fourth-order valence-corrected chi connectivity index (χ4v) is 2.36. The Bertz CT molecular complexity index is 668. The molecule has 0 spiro atoms. The van der Waals surface area contributed by atoms with Gasteiger partial charge in [0, 0.05) is 13.1 Å². The summed E-state index contributed by atoms with van der Waals surface area (Å²) >= 11 is 0. The van der Waals surface area contributed by atoms with E-state index in [1.54, 1.807) is 12.1 Å². The number of ether oxygens (including phenoxy) is 2. The smallest absolute Gasteiger partial charge is 0.239 e. The van der Waals surface area contributed by atoms with E-state index in [0.29, 0.717) is 37.8 Å². The zero-order valence-corrected chi connectivity index (χ0v) is 13.1. The maximum atomic E-state index is 12.9. The summed E-state index contributed by atoms with van der Waals surface area (Å²) < 4.78 is 23.8. The first kappa shape index (κ1) is 16.4. The van der Waals surface area contributed by atoms with Crippen molar-refractivity contribution in [3.8, 4) is 11.5 Å². The summed E-state index contributed by atoms with van der Waals surface area (Å²) in [6, 6.07) is 12.9. The molecule has 0 bridgehead atoms. The normalized spacial score (nSPS) is 17.3. The molecule has 126 valence electrons. The molecule has 1 atom stereocenters. The number of benzene rings is 2. The molecule has 0 saturated carbocycles. The molecule has 2 N–H and O–H groups in total. The largest absolute Gasteiger partial charge is 0.457 e. The van der Waals surface area contributed by atoms with Crippen LogP contribution in [-0.4, -0.2) is 31.7 Å². The van der Waals surface area contributed by atoms with Gasteiger partial charge >= 0.3 is 0 Å². The van der Waals surface area contributed by atoms with Crippen LogP contribution in [0, 0.1) is 5.82 Å². The Labute approximate surface area is 139 Å². The average Bonchev–Trinajstić information content (AvgIpc) is 2.63. The zero-order chi connectivity index (χ0) is 16.8. The second-order valence-corrected chi connectivity index (χ2v) is 5.50. The minimum atomic E-state index is -0.300. The van der Waals surface area contributed by atoms with E-state index >= 15 is 0 Å². The Morgan fingerprint density at radius 2 is 1.83 bits per heavy atom. The Hall–Kier alpha value is -2.44. The van der Waals surface area contributed by atoms with Crippen LogP contribution in [-0.2, 0) is 16.1 Å². The van der Waals surface area contributed by atoms with Gasteiger partial charge in [-0.05, 0) is 42.0 Å². The average molecular weight is 330 g/mol. The summed E-state index contributed by atoms with van der Waals surface area (Å²) in [5.41, 5.74) is 0.964. The number of hydrogen-bond donors (Lipinski definition) is 2. The number of hydrogen-bond acceptors (Lipinski definition) is 4. The summed E-state index contributed by atoms with van der Waals surface area (Å²) in [5, 5.41) is 5.99. The Morgan fingerprint density at radius 3 is 2.46 bits per heavy atom. The van der Waals surface area contributed by atoms with Crippen molar-refractivity contribution in [1.82, 2.24) is 10.6 Å². The lowest BCUT2D eigenvalue weighted by atomic mass is 10.2. The minimum Gasteiger partial charge on any atom is -0.457 e. The Morgan fingerprint density at radius 1 is 1.17 bits per heavy atom. The third-order valence-corrected chi connectivity index (χ3v) is 3.68. The van der Waals surface area contributed by atoms with E-state index in [0.717, 1.165) is 5.56 Å². The number of carbonyl (C=O) groups is 1. The first-order chi connectivity index (χ1) is 11.7. The second-order valence-electron chi connectivity index (χ2n) is 5.50. The van der Waals surface area contributed by atoms with Gasteiger partial charge in [0.1, 0.15) is 23.4 Å². The minimum absolute atomic E-state index is 0.0682. The number of rotatable bonds is 5. The lowest BCUT2D eigenvalue weighted by Gasteiger charge is -2.22. The lowest BCUT2D eigenvalue weighted by Crippen LogP contribution is -2.51. The van der Waals surface area contributed by atoms with Crippen LogP contribution in [0.15, 0.2) is 48.5 Å². The van der Waals surface area contributed by atoms with Crippen LogP contribution in [0.4, 0.5) is 4.39 Å². The SMILES string of the molecule is O=C(NCc1ccc(Oc2ccc(F)cc2)cc1)[C@H]1COCCN1. The second kappa shape index (κ2) is 7.90. The van der Waals surface area contributed by atoms with Crippen LogP contribution >= 0.6 is 0 Å². The molecule has 1 amide bonds. The summed E-state index contributed by atoms with van der Waals surface area (Å²) in [4.78, 5) is 12.0. The Kier molecular flexibility index (Phi) is 5.40. The first-order valence-corrected chi connectivity index (χ1v) is 7.82. The maximum Gasteiger partial charge on any atom is 0.239 e. The zero-order valence-electron chi connectivity index (χ0n) is 13.1. The summed E-state index contributed by atoms with van der Waals surface area (Å²) in [6.07, 6.45) is 0. The van der Waals surface area contributed by atoms with E-state index in [2.05, 4.69) is 10.6 Å². The van der Waals surface area contributed by atoms with E-state index in [-0.39, 0.29) is 17.8 Å². The van der Waals surface area contributed by atoms with Gasteiger partial charge in [0.25, 0.3) is 0 Å². The molecule has 2 aromatic carbocycles. The third-order valence-electron chi connectivity index (χ3n) is 3.68. The monoisotopic (exact) mass is 330 g/mol. The van der Waals surface area contributed by atoms with E-state index in [9.17, 15) is 9.18 Å². The van der Waals surface area contributed by atoms with Crippen molar-refractivity contribution in [2.24, 2.45) is 0 Å². The summed E-state index contributed by atoms with van der Waals surface area (Å²) in [5.74, 6) is 0.854. The molecule has 5 nitrogen and oxygen atoms in total. The molecule has 1 aliphatic heterocycles. The quantitative estimate of drug-likeness (QED) is 0.883. The number of halogens is 1. The third kappa shape index (κ3) is 4.53. The number of morpholine rings is 1. The highest BCUT2D eigenvalue weighted by atomic mass is 19.1. The predicted octanol–water partition coefficient (Wildman–Crippen LogP) is 2.22. The molecule has 3 rings (SSSR count). The maximum absolute atomic E-state index is 12.9. The molecule has 1 saturated heterocycles. The highest BCUT2D eigenvalue weighted by Gasteiger charge is 2.20. The molecule has 6 heteroatoms. The molecule has 1 fully saturated rings. The predicted molar refractivity (Wildman–Crippen MR) is 87.4 cm³/mol. The molecule has 1 heterocycles. The summed E-state index contributed by atoms with van der Waals surface area (Å²) in [6.45, 7) is 2.16. The van der Waals surface area contributed by atoms with E-state index in [1.807, 2.05) is 24.3 Å². The molecule has 0 unspecified atom stereocenters. The van der Waals surface area contributed by atoms with Gasteiger partial charge in [0.15, 0.2) is 0 Å². The van der Waals surface area contributed by atoms with E-state index < -0.39 is 0 Å². The van der Waals surface area contributed by atoms with Crippen LogP contribution in [0.3, 0.4) is 0 Å². The fraction of sp³-hybridized carbons (Fsp3) is 0.278. The Balaban J connectivity index is 1.50. The van der Waals surface area contributed by atoms with Crippen LogP contribution in [0.2, 0.25) is 0 Å². The molecular formula is C18H19FN2O3. The van der Waals surface area contributed by atoms with Crippen molar-refractivity contribution >= 4 is 5.91 Å². The molecule has 0 aliphatic carbocycles. The van der Waals surface area contributed by atoms with Crippen molar-refractivity contribution in [1.29, 1.82) is 0 Å². The molecule has 24 heavy (non-hydrogen) atoms. The lowest BCUT2D eigenvalue weighted by molar-refractivity contribution is -0.126. The van der Waals surface area contributed by atoms with Crippen molar-refractivity contribution in [3.05, 3.63) is 59.9 Å². The molecular weight excluding hydrogens is 311 g/mol. The standard InChI is InChI=1S/C18H19FN2O3/c19-14-3-7-16(8-4-14)24-15-5-1-13(2-6-15)11-21-18(22)17-12-23-10-9-20-17/h1-8,17,20H,9-12H2,(H,21,22)/t17-/m1/s1. The van der Waals surface area contributed by atoms with Crippen molar-refractivity contribution < 1.29 is 18.7 Å². The highest BCUT2D eigenvalue weighted by Crippen LogP contribution is 2.21. The van der Waals surface area contributed by atoms with Gasteiger partial charge in [0.2, 0.25) is 5.91 Å². The van der Waals surface area contributed by atoms with Crippen LogP contribution in [0.25, 0.3) is 0 Å². The van der Waals surface area contributed by atoms with Gasteiger partial charge in [-0.25, -0.2) is 4.39 Å². The fourth-order valence-electron chi connectivity index (χ4n) is 2.36. The topological polar surface area (TPSA) is 59.6 Å². The van der Waals surface area contributed by atoms with Crippen LogP contribution in [0.1, 0.15) is 5.56 Å². The highest BCUT2D eigenvalue weighted by molar-refractivity contribution is 5.81. The van der Waals surface area contributed by atoms with E-state index in [1.165, 1.54) is 12.1 Å². The number of carbonyl (C=O) groups excluding carboxylic acids is 1. The summed E-state index contributed by atoms with van der Waals surface area (Å²) in [7, 11) is 0. The van der Waals surface area contributed by atoms with Crippen molar-refractivity contribution in [2.75, 3.05) is 19.8 Å². The van der Waals surface area contributed by atoms with Gasteiger partial charge in [0.05, 0.1) is 13.2 Å². The van der Waals surface area contributed by atoms with Gasteiger partial charge in [-0.2, -0.15) is 0 Å². The number of amides is 1. The molecule has 0 radical (unpaired) electrons. The van der Waals surface area contributed by atoms with Crippen molar-refractivity contribution in [3.63, 3.8) is 0 Å². The van der Waals surface area contributed by atoms with Gasteiger partial charge in [-0.3, -0.25) is 4.79 Å².